The molecule has 7 nitrogen and oxygen atoms in total. The van der Waals surface area contributed by atoms with Gasteiger partial charge in [-0.3, -0.25) is 9.89 Å². The van der Waals surface area contributed by atoms with E-state index >= 15 is 0 Å². The summed E-state index contributed by atoms with van der Waals surface area (Å²) in [5.41, 5.74) is 0. The minimum Gasteiger partial charge on any atom is -0.467 e. The van der Waals surface area contributed by atoms with Crippen LogP contribution in [-0.4, -0.2) is 51.7 Å². The van der Waals surface area contributed by atoms with Crippen LogP contribution in [0.4, 0.5) is 0 Å². The number of hydrogen-bond donors (Lipinski definition) is 1. The van der Waals surface area contributed by atoms with E-state index in [0.29, 0.717) is 18.8 Å². The highest BCUT2D eigenvalue weighted by Gasteiger charge is 2.34. The summed E-state index contributed by atoms with van der Waals surface area (Å²) in [6, 6.07) is -0.518. The molecule has 1 aromatic rings. The van der Waals surface area contributed by atoms with Gasteiger partial charge < -0.3 is 9.64 Å². The Bertz CT molecular complexity index is 457. The van der Waals surface area contributed by atoms with E-state index in [9.17, 15) is 9.59 Å². The molecule has 1 saturated heterocycles. The molecule has 2 rings (SSSR count). The molecule has 1 aromatic heterocycles. The average molecular weight is 252 g/mol. The monoisotopic (exact) mass is 252 g/mol. The molecule has 1 N–H and O–H groups in total. The Morgan fingerprint density at radius 2 is 2.22 bits per heavy atom. The van der Waals surface area contributed by atoms with E-state index in [1.807, 2.05) is 0 Å². The summed E-state index contributed by atoms with van der Waals surface area (Å²) in [4.78, 5) is 29.4. The Hall–Kier alpha value is -1.92. The maximum absolute atomic E-state index is 12.2. The summed E-state index contributed by atoms with van der Waals surface area (Å²) in [5, 5.41) is 6.45. The van der Waals surface area contributed by atoms with E-state index in [2.05, 4.69) is 15.2 Å². The molecule has 1 atom stereocenters. The lowest BCUT2D eigenvalue weighted by molar-refractivity contribution is -0.147. The molecule has 0 aliphatic carbocycles. The van der Waals surface area contributed by atoms with Crippen molar-refractivity contribution in [2.24, 2.45) is 0 Å². The maximum atomic E-state index is 12.2. The van der Waals surface area contributed by atoms with Crippen LogP contribution in [0.3, 0.4) is 0 Å². The van der Waals surface area contributed by atoms with Crippen LogP contribution in [0.5, 0.6) is 0 Å². The third-order valence-electron chi connectivity index (χ3n) is 3.03. The van der Waals surface area contributed by atoms with E-state index < -0.39 is 6.04 Å². The van der Waals surface area contributed by atoms with Crippen LogP contribution in [0.15, 0.2) is 0 Å². The van der Waals surface area contributed by atoms with Gasteiger partial charge in [-0.2, -0.15) is 0 Å². The highest BCUT2D eigenvalue weighted by molar-refractivity contribution is 5.93. The highest BCUT2D eigenvalue weighted by Crippen LogP contribution is 2.19. The molecule has 98 valence electrons. The molecule has 1 aliphatic heterocycles. The minimum absolute atomic E-state index is 0.100. The first-order valence-electron chi connectivity index (χ1n) is 5.91. The smallest absolute Gasteiger partial charge is 0.328 e. The van der Waals surface area contributed by atoms with Crippen molar-refractivity contribution in [1.29, 1.82) is 0 Å². The normalized spacial score (nSPS) is 19.7. The van der Waals surface area contributed by atoms with Gasteiger partial charge in [0.15, 0.2) is 0 Å². The number of rotatable bonds is 2. The van der Waals surface area contributed by atoms with Gasteiger partial charge in [-0.15, -0.1) is 5.10 Å². The number of carbonyl (C=O) groups excluding carboxylic acids is 2. The van der Waals surface area contributed by atoms with Crippen LogP contribution in [0.2, 0.25) is 0 Å². The van der Waals surface area contributed by atoms with Gasteiger partial charge >= 0.3 is 5.97 Å². The number of aromatic amines is 1. The van der Waals surface area contributed by atoms with Crippen LogP contribution >= 0.6 is 0 Å². The first-order valence-corrected chi connectivity index (χ1v) is 5.91. The summed E-state index contributed by atoms with van der Waals surface area (Å²) in [7, 11) is 1.33. The highest BCUT2D eigenvalue weighted by atomic mass is 16.5. The van der Waals surface area contributed by atoms with Gasteiger partial charge in [0, 0.05) is 6.54 Å². The lowest BCUT2D eigenvalue weighted by Crippen LogP contribution is -2.48. The summed E-state index contributed by atoms with van der Waals surface area (Å²) < 4.78 is 4.73. The molecule has 0 spiro atoms. The summed E-state index contributed by atoms with van der Waals surface area (Å²) in [6.07, 6.45) is 2.42. The topological polar surface area (TPSA) is 88.2 Å². The number of H-pyrrole nitrogens is 1. The van der Waals surface area contributed by atoms with Crippen LogP contribution in [0.1, 0.15) is 35.7 Å². The number of nitrogens with zero attached hydrogens (tertiary/aromatic N) is 3. The van der Waals surface area contributed by atoms with Crippen molar-refractivity contribution in [3.8, 4) is 0 Å². The number of aryl methyl sites for hydroxylation is 1. The van der Waals surface area contributed by atoms with Crippen molar-refractivity contribution in [2.45, 2.75) is 32.2 Å². The van der Waals surface area contributed by atoms with Crippen LogP contribution in [-0.2, 0) is 9.53 Å². The molecule has 1 amide bonds. The summed E-state index contributed by atoms with van der Waals surface area (Å²) in [5.74, 6) is -0.0296. The Labute approximate surface area is 105 Å². The maximum Gasteiger partial charge on any atom is 0.328 e. The number of hydrogen-bond acceptors (Lipinski definition) is 5. The molecule has 0 radical (unpaired) electrons. The number of carbonyl (C=O) groups is 2. The molecule has 18 heavy (non-hydrogen) atoms. The van der Waals surface area contributed by atoms with Gasteiger partial charge in [-0.1, -0.05) is 0 Å². The number of amides is 1. The number of likely N-dealkylation sites (tertiary alicyclic amines) is 1. The lowest BCUT2D eigenvalue weighted by atomic mass is 10.0. The SMILES string of the molecule is COC(=O)C1CCCCN1C(=O)c1n[nH]c(C)n1. The molecule has 2 heterocycles. The molecule has 1 unspecified atom stereocenters. The van der Waals surface area contributed by atoms with Gasteiger partial charge in [0.05, 0.1) is 7.11 Å². The lowest BCUT2D eigenvalue weighted by Gasteiger charge is -2.32. The van der Waals surface area contributed by atoms with Gasteiger partial charge in [0.1, 0.15) is 11.9 Å². The predicted octanol–water partition coefficient (Wildman–Crippen LogP) is 0.281. The third kappa shape index (κ3) is 2.34. The second-order valence-corrected chi connectivity index (χ2v) is 4.28. The Morgan fingerprint density at radius 1 is 1.44 bits per heavy atom. The Morgan fingerprint density at radius 3 is 2.83 bits per heavy atom. The molecule has 0 saturated carbocycles. The van der Waals surface area contributed by atoms with Crippen molar-refractivity contribution in [3.63, 3.8) is 0 Å². The van der Waals surface area contributed by atoms with Crippen LogP contribution < -0.4 is 0 Å². The molecular formula is C11H16N4O3. The van der Waals surface area contributed by atoms with Crippen molar-refractivity contribution in [3.05, 3.63) is 11.6 Å². The van der Waals surface area contributed by atoms with E-state index in [1.165, 1.54) is 12.0 Å². The fourth-order valence-corrected chi connectivity index (χ4v) is 2.12. The zero-order valence-corrected chi connectivity index (χ0v) is 10.5. The number of methoxy groups -OCH3 is 1. The largest absolute Gasteiger partial charge is 0.467 e. The quantitative estimate of drug-likeness (QED) is 0.764. The summed E-state index contributed by atoms with van der Waals surface area (Å²) >= 11 is 0. The van der Waals surface area contributed by atoms with Gasteiger partial charge in [0.25, 0.3) is 5.91 Å². The Balaban J connectivity index is 2.18. The van der Waals surface area contributed by atoms with E-state index in [0.717, 1.165) is 12.8 Å². The molecule has 0 bridgehead atoms. The zero-order valence-electron chi connectivity index (χ0n) is 10.5. The van der Waals surface area contributed by atoms with Gasteiger partial charge in [0.2, 0.25) is 5.82 Å². The number of esters is 1. The molecule has 7 heteroatoms. The summed E-state index contributed by atoms with van der Waals surface area (Å²) in [6.45, 7) is 2.25. The van der Waals surface area contributed by atoms with Crippen molar-refractivity contribution in [1.82, 2.24) is 20.1 Å². The van der Waals surface area contributed by atoms with Crippen molar-refractivity contribution in [2.75, 3.05) is 13.7 Å². The molecular weight excluding hydrogens is 236 g/mol. The predicted molar refractivity (Wildman–Crippen MR) is 61.8 cm³/mol. The fourth-order valence-electron chi connectivity index (χ4n) is 2.12. The standard InChI is InChI=1S/C11H16N4O3/c1-7-12-9(14-13-7)10(16)15-6-4-3-5-8(15)11(17)18-2/h8H,3-6H2,1-2H3,(H,12,13,14). The number of ether oxygens (including phenoxy) is 1. The van der Waals surface area contributed by atoms with E-state index in [4.69, 9.17) is 4.74 Å². The van der Waals surface area contributed by atoms with E-state index in [-0.39, 0.29) is 17.7 Å². The second-order valence-electron chi connectivity index (χ2n) is 4.28. The zero-order chi connectivity index (χ0) is 13.1. The number of nitrogens with one attached hydrogen (secondary N) is 1. The minimum atomic E-state index is -0.518. The molecule has 0 aromatic carbocycles. The second kappa shape index (κ2) is 5.16. The average Bonchev–Trinajstić information content (AvgIpc) is 2.83. The molecule has 1 fully saturated rings. The number of piperidine rings is 1. The van der Waals surface area contributed by atoms with Crippen molar-refractivity contribution < 1.29 is 14.3 Å². The fraction of sp³-hybridized carbons (Fsp3) is 0.636. The van der Waals surface area contributed by atoms with Gasteiger partial charge in [-0.05, 0) is 26.2 Å². The van der Waals surface area contributed by atoms with Crippen molar-refractivity contribution >= 4 is 11.9 Å². The first-order chi connectivity index (χ1) is 8.63. The Kier molecular flexibility index (Phi) is 3.59. The third-order valence-corrected chi connectivity index (χ3v) is 3.03. The first kappa shape index (κ1) is 12.5. The van der Waals surface area contributed by atoms with Crippen LogP contribution in [0, 0.1) is 6.92 Å². The van der Waals surface area contributed by atoms with E-state index in [1.54, 1.807) is 6.92 Å². The van der Waals surface area contributed by atoms with Gasteiger partial charge in [-0.25, -0.2) is 9.78 Å². The number of aromatic nitrogens is 3. The molecule has 1 aliphatic rings. The van der Waals surface area contributed by atoms with Crippen LogP contribution in [0.25, 0.3) is 0 Å².